The Kier molecular flexibility index (Phi) is 11.6. The van der Waals surface area contributed by atoms with Gasteiger partial charge in [-0.2, -0.15) is 63.2 Å². The predicted molar refractivity (Wildman–Crippen MR) is 280 cm³/mol. The second-order valence-corrected chi connectivity index (χ2v) is 18.0. The Morgan fingerprint density at radius 1 is 0.308 bits per heavy atom. The zero-order valence-electron chi connectivity index (χ0n) is 39.9. The Balaban J connectivity index is 1.25. The van der Waals surface area contributed by atoms with Gasteiger partial charge in [0.25, 0.3) is 0 Å². The monoisotopic (exact) mass is 1020 g/mol. The van der Waals surface area contributed by atoms with Gasteiger partial charge in [0.15, 0.2) is 0 Å². The van der Waals surface area contributed by atoms with Crippen LogP contribution in [0.5, 0.6) is 0 Å². The van der Waals surface area contributed by atoms with Crippen molar-refractivity contribution in [2.45, 2.75) is 12.4 Å². The highest BCUT2D eigenvalue weighted by Gasteiger charge is 2.41. The predicted octanol–water partition coefficient (Wildman–Crippen LogP) is 15.7. The number of nitriles is 7. The number of aromatic nitrogens is 2. The number of rotatable bonds is 6. The molecule has 0 bridgehead atoms. The Hall–Kier alpha value is -11.4. The van der Waals surface area contributed by atoms with Gasteiger partial charge in [-0.3, -0.25) is 0 Å². The standard InChI is InChI=1S/C63H27F6N9/c64-62(65,66)51-8-5-9-52(63(67,68)69)61(51)40-15-19-56(77-53-10-3-1-6-45(53)48-25-38(13-17-55(48)77)59-41(31-73)20-36(29-71)21-42(59)32-74)50(27-40)47-16-12-35(28-70)24-58(47)78-54-11-4-2-7-46(54)49-26-39(14-18-57(49)78)60-43(33-75)22-37(30-72)23-44(60)34-76/h1-27H. The zero-order valence-corrected chi connectivity index (χ0v) is 39.9. The van der Waals surface area contributed by atoms with Crippen molar-refractivity contribution in [3.05, 3.63) is 214 Å². The van der Waals surface area contributed by atoms with E-state index in [1.54, 1.807) is 84.9 Å². The molecule has 0 aliphatic rings. The van der Waals surface area contributed by atoms with E-state index in [2.05, 4.69) is 30.3 Å². The minimum atomic E-state index is -5.23. The fourth-order valence-electron chi connectivity index (χ4n) is 10.6. The molecule has 78 heavy (non-hydrogen) atoms. The molecule has 0 saturated carbocycles. The van der Waals surface area contributed by atoms with Gasteiger partial charge < -0.3 is 9.13 Å². The molecule has 0 N–H and O–H groups in total. The van der Waals surface area contributed by atoms with Crippen molar-refractivity contribution in [1.82, 2.24) is 9.13 Å². The molecule has 0 radical (unpaired) electrons. The summed E-state index contributed by atoms with van der Waals surface area (Å²) in [6.07, 6.45) is -10.5. The van der Waals surface area contributed by atoms with Crippen LogP contribution in [0, 0.1) is 79.3 Å². The van der Waals surface area contributed by atoms with Crippen molar-refractivity contribution < 1.29 is 26.3 Å². The fraction of sp³-hybridized carbons (Fsp3) is 0.0317. The maximum absolute atomic E-state index is 15.1. The van der Waals surface area contributed by atoms with E-state index >= 15 is 26.3 Å². The van der Waals surface area contributed by atoms with Gasteiger partial charge in [0.05, 0.1) is 126 Å². The van der Waals surface area contributed by atoms with Crippen LogP contribution in [0.4, 0.5) is 26.3 Å². The molecule has 0 fully saturated rings. The minimum Gasteiger partial charge on any atom is -0.309 e. The second-order valence-electron chi connectivity index (χ2n) is 18.0. The van der Waals surface area contributed by atoms with Gasteiger partial charge in [0.2, 0.25) is 0 Å². The van der Waals surface area contributed by atoms with Crippen LogP contribution in [0.2, 0.25) is 0 Å². The van der Waals surface area contributed by atoms with Crippen molar-refractivity contribution >= 4 is 43.6 Å². The first-order valence-electron chi connectivity index (χ1n) is 23.5. The average molecular weight is 1020 g/mol. The average Bonchev–Trinajstić information content (AvgIpc) is 4.13. The van der Waals surface area contributed by atoms with Crippen LogP contribution in [0.25, 0.3) is 99.5 Å². The van der Waals surface area contributed by atoms with Crippen molar-refractivity contribution in [1.29, 1.82) is 36.8 Å². The third-order valence-corrected chi connectivity index (χ3v) is 13.8. The van der Waals surface area contributed by atoms with E-state index in [0.29, 0.717) is 84.3 Å². The molecule has 0 atom stereocenters. The number of alkyl halides is 6. The molecule has 0 spiro atoms. The number of halogens is 6. The van der Waals surface area contributed by atoms with Gasteiger partial charge in [0, 0.05) is 49.4 Å². The fourth-order valence-corrected chi connectivity index (χ4v) is 10.6. The van der Waals surface area contributed by atoms with Crippen LogP contribution in [-0.2, 0) is 12.4 Å². The summed E-state index contributed by atoms with van der Waals surface area (Å²) >= 11 is 0. The van der Waals surface area contributed by atoms with Crippen molar-refractivity contribution in [2.24, 2.45) is 0 Å². The molecule has 2 heterocycles. The zero-order chi connectivity index (χ0) is 54.8. The summed E-state index contributed by atoms with van der Waals surface area (Å²) in [5, 5.41) is 73.3. The van der Waals surface area contributed by atoms with Gasteiger partial charge in [-0.15, -0.1) is 0 Å². The van der Waals surface area contributed by atoms with E-state index < -0.39 is 34.6 Å². The van der Waals surface area contributed by atoms with E-state index in [9.17, 15) is 36.8 Å². The van der Waals surface area contributed by atoms with Gasteiger partial charge in [-0.25, -0.2) is 0 Å². The third kappa shape index (κ3) is 7.83. The van der Waals surface area contributed by atoms with Crippen LogP contribution in [-0.4, -0.2) is 9.13 Å². The lowest BCUT2D eigenvalue weighted by Crippen LogP contribution is -2.14. The summed E-state index contributed by atoms with van der Waals surface area (Å²) in [4.78, 5) is 0. The first-order chi connectivity index (χ1) is 37.6. The maximum Gasteiger partial charge on any atom is 0.417 e. The highest BCUT2D eigenvalue weighted by atomic mass is 19.4. The van der Waals surface area contributed by atoms with Crippen LogP contribution < -0.4 is 0 Å². The molecule has 9 nitrogen and oxygen atoms in total. The minimum absolute atomic E-state index is 0.0756. The topological polar surface area (TPSA) is 176 Å². The molecule has 0 saturated heterocycles. The van der Waals surface area contributed by atoms with Gasteiger partial charge >= 0.3 is 12.4 Å². The molecule has 0 aliphatic heterocycles. The lowest BCUT2D eigenvalue weighted by molar-refractivity contribution is -0.142. The van der Waals surface area contributed by atoms with Crippen LogP contribution in [0.15, 0.2) is 164 Å². The quantitative estimate of drug-likeness (QED) is 0.149. The van der Waals surface area contributed by atoms with E-state index in [4.69, 9.17) is 0 Å². The number of hydrogen-bond acceptors (Lipinski definition) is 7. The summed E-state index contributed by atoms with van der Waals surface area (Å²) < 4.78 is 94.0. The number of fused-ring (bicyclic) bond motifs is 6. The summed E-state index contributed by atoms with van der Waals surface area (Å²) in [5.74, 6) is 0. The Morgan fingerprint density at radius 2 is 0.718 bits per heavy atom. The lowest BCUT2D eigenvalue weighted by atomic mass is 9.90. The Labute approximate surface area is 438 Å². The summed E-state index contributed by atoms with van der Waals surface area (Å²) in [5.41, 5.74) is 0.837. The normalized spacial score (nSPS) is 11.4. The molecule has 366 valence electrons. The second kappa shape index (κ2) is 18.5. The molecule has 0 aliphatic carbocycles. The Bertz CT molecular complexity index is 4650. The number of nitrogens with zero attached hydrogens (tertiary/aromatic N) is 9. The smallest absolute Gasteiger partial charge is 0.309 e. The van der Waals surface area contributed by atoms with Crippen molar-refractivity contribution in [3.8, 4) is 98.4 Å². The van der Waals surface area contributed by atoms with E-state index in [1.807, 2.05) is 33.4 Å². The summed E-state index contributed by atoms with van der Waals surface area (Å²) in [6.45, 7) is 0. The maximum atomic E-state index is 15.1. The van der Waals surface area contributed by atoms with Crippen molar-refractivity contribution in [2.75, 3.05) is 0 Å². The van der Waals surface area contributed by atoms with E-state index in [1.165, 1.54) is 48.5 Å². The highest BCUT2D eigenvalue weighted by Crippen LogP contribution is 2.49. The number of hydrogen-bond donors (Lipinski definition) is 0. The molecule has 9 aromatic carbocycles. The molecule has 2 aromatic heterocycles. The molecular weight excluding hydrogens is 997 g/mol. The van der Waals surface area contributed by atoms with Crippen LogP contribution in [0.1, 0.15) is 50.1 Å². The first-order valence-corrected chi connectivity index (χ1v) is 23.5. The van der Waals surface area contributed by atoms with Gasteiger partial charge in [-0.05, 0) is 114 Å². The Morgan fingerprint density at radius 3 is 1.15 bits per heavy atom. The lowest BCUT2D eigenvalue weighted by Gasteiger charge is -2.22. The van der Waals surface area contributed by atoms with E-state index in [-0.39, 0.29) is 61.2 Å². The SMILES string of the molecule is N#Cc1cc(C#N)c(-c2ccc3c(c2)c2ccccc2n3-c2ccc(-c3c(C(F)(F)F)cccc3C(F)(F)F)cc2-c2ccc(C#N)cc2-n2c3ccccc3c3cc(-c4c(C#N)cc(C#N)cc4C#N)ccc32)c(C#N)c1. The first kappa shape index (κ1) is 48.8. The summed E-state index contributed by atoms with van der Waals surface area (Å²) in [6, 6.07) is 55.4. The summed E-state index contributed by atoms with van der Waals surface area (Å²) in [7, 11) is 0. The molecular formula is C63H27F6N9. The molecule has 0 unspecified atom stereocenters. The van der Waals surface area contributed by atoms with Crippen LogP contribution >= 0.6 is 0 Å². The van der Waals surface area contributed by atoms with Gasteiger partial charge in [0.1, 0.15) is 0 Å². The number of para-hydroxylation sites is 2. The van der Waals surface area contributed by atoms with E-state index in [0.717, 1.165) is 0 Å². The largest absolute Gasteiger partial charge is 0.417 e. The van der Waals surface area contributed by atoms with Crippen LogP contribution in [0.3, 0.4) is 0 Å². The van der Waals surface area contributed by atoms with Crippen molar-refractivity contribution in [3.63, 3.8) is 0 Å². The molecule has 0 amide bonds. The molecule has 15 heteroatoms. The van der Waals surface area contributed by atoms with Gasteiger partial charge in [-0.1, -0.05) is 66.7 Å². The molecule has 11 aromatic rings. The molecule has 11 rings (SSSR count). The number of benzene rings is 9. The third-order valence-electron chi connectivity index (χ3n) is 13.8. The highest BCUT2D eigenvalue weighted by molar-refractivity contribution is 6.13.